The SMILES string of the molecule is C=CCO[C@@]12Oc3ccc(OC(=O)NCc4ccccc4)cc3[C@H]3[C@H](CCCCO)[C@@H](CCCCO)C=C(C(=NOC4CCCCO4)C[C@@H]1N(Cc1ccc(F)cc1)C(=O)c1ccc(C#N)cc1)[C@H]32. The lowest BCUT2D eigenvalue weighted by Crippen LogP contribution is -2.70. The third-order valence-electron chi connectivity index (χ3n) is 13.7. The van der Waals surface area contributed by atoms with Gasteiger partial charge in [0.15, 0.2) is 0 Å². The van der Waals surface area contributed by atoms with Crippen LogP contribution in [0.2, 0.25) is 0 Å². The minimum Gasteiger partial charge on any atom is -0.459 e. The monoisotopic (exact) mass is 940 g/mol. The fraction of sp³-hybridized carbons (Fsp3) is 0.418. The lowest BCUT2D eigenvalue weighted by molar-refractivity contribution is -0.255. The van der Waals surface area contributed by atoms with E-state index < -0.39 is 41.9 Å². The van der Waals surface area contributed by atoms with Crippen molar-refractivity contribution in [3.05, 3.63) is 155 Å². The molecule has 4 aromatic carbocycles. The number of halogens is 1. The number of hydrogen-bond acceptors (Lipinski definition) is 11. The summed E-state index contributed by atoms with van der Waals surface area (Å²) in [7, 11) is 0. The molecule has 2 amide bonds. The van der Waals surface area contributed by atoms with E-state index in [2.05, 4.69) is 24.0 Å². The van der Waals surface area contributed by atoms with Crippen LogP contribution in [0.25, 0.3) is 0 Å². The molecule has 362 valence electrons. The normalized spacial score (nSPS) is 24.1. The number of ether oxygens (including phenoxy) is 4. The first-order valence-electron chi connectivity index (χ1n) is 24.2. The molecule has 2 aliphatic heterocycles. The van der Waals surface area contributed by atoms with E-state index in [-0.39, 0.29) is 57.1 Å². The van der Waals surface area contributed by atoms with Crippen molar-refractivity contribution < 1.29 is 48.0 Å². The van der Waals surface area contributed by atoms with E-state index >= 15 is 4.79 Å². The van der Waals surface area contributed by atoms with E-state index in [1.54, 1.807) is 59.5 Å². The smallest absolute Gasteiger partial charge is 0.412 e. The number of rotatable bonds is 20. The first-order valence-corrected chi connectivity index (χ1v) is 24.2. The molecule has 1 saturated heterocycles. The predicted octanol–water partition coefficient (Wildman–Crippen LogP) is 9.49. The number of nitrogens with zero attached hydrogens (tertiary/aromatic N) is 3. The van der Waals surface area contributed by atoms with Crippen molar-refractivity contribution in [3.63, 3.8) is 0 Å². The Hall–Kier alpha value is -6.37. The van der Waals surface area contributed by atoms with Crippen molar-refractivity contribution in [1.29, 1.82) is 5.26 Å². The third-order valence-corrected chi connectivity index (χ3v) is 13.7. The van der Waals surface area contributed by atoms with E-state index in [9.17, 15) is 24.7 Å². The molecule has 13 nitrogen and oxygen atoms in total. The van der Waals surface area contributed by atoms with Crippen LogP contribution < -0.4 is 14.8 Å². The van der Waals surface area contributed by atoms with Crippen molar-refractivity contribution in [2.24, 2.45) is 22.9 Å². The number of carbonyl (C=O) groups is 2. The Bertz CT molecular complexity index is 2490. The van der Waals surface area contributed by atoms with Crippen LogP contribution in [-0.4, -0.2) is 77.4 Å². The van der Waals surface area contributed by atoms with Crippen molar-refractivity contribution in [2.75, 3.05) is 26.4 Å². The summed E-state index contributed by atoms with van der Waals surface area (Å²) in [5, 5.41) is 37.5. The highest BCUT2D eigenvalue weighted by molar-refractivity contribution is 6.03. The van der Waals surface area contributed by atoms with Crippen LogP contribution in [0.3, 0.4) is 0 Å². The van der Waals surface area contributed by atoms with Gasteiger partial charge in [-0.3, -0.25) is 4.79 Å². The second-order valence-electron chi connectivity index (χ2n) is 18.2. The molecule has 1 saturated carbocycles. The van der Waals surface area contributed by atoms with Gasteiger partial charge in [-0.05, 0) is 122 Å². The van der Waals surface area contributed by atoms with Crippen molar-refractivity contribution in [2.45, 2.75) is 101 Å². The second-order valence-corrected chi connectivity index (χ2v) is 18.2. The van der Waals surface area contributed by atoms with Gasteiger partial charge in [-0.2, -0.15) is 5.26 Å². The average Bonchev–Trinajstić information content (AvgIpc) is 3.38. The van der Waals surface area contributed by atoms with Gasteiger partial charge in [-0.1, -0.05) is 72.6 Å². The number of unbranched alkanes of at least 4 members (excludes halogenated alkanes) is 2. The molecule has 2 aliphatic carbocycles. The fourth-order valence-electron chi connectivity index (χ4n) is 10.5. The highest BCUT2D eigenvalue weighted by atomic mass is 19.1. The number of oxime groups is 1. The minimum atomic E-state index is -1.61. The maximum absolute atomic E-state index is 15.4. The molecule has 0 radical (unpaired) electrons. The molecule has 69 heavy (non-hydrogen) atoms. The van der Waals surface area contributed by atoms with E-state index in [0.29, 0.717) is 72.6 Å². The van der Waals surface area contributed by atoms with Gasteiger partial charge in [-0.25, -0.2) is 9.18 Å². The molecule has 7 atom stereocenters. The Balaban J connectivity index is 1.32. The first-order chi connectivity index (χ1) is 33.7. The molecule has 1 unspecified atom stereocenters. The maximum Gasteiger partial charge on any atom is 0.412 e. The summed E-state index contributed by atoms with van der Waals surface area (Å²) in [6.07, 6.45) is 9.37. The molecule has 2 heterocycles. The van der Waals surface area contributed by atoms with Crippen LogP contribution in [0.4, 0.5) is 9.18 Å². The molecule has 4 aromatic rings. The molecule has 8 rings (SSSR count). The fourth-order valence-corrected chi connectivity index (χ4v) is 10.5. The quantitative estimate of drug-likeness (QED) is 0.0440. The number of aliphatic hydroxyl groups excluding tert-OH is 2. The Labute approximate surface area is 403 Å². The Morgan fingerprint density at radius 1 is 0.957 bits per heavy atom. The zero-order chi connectivity index (χ0) is 48.2. The standard InChI is InChI=1S/C55H61FN4O9/c1-2-29-66-55-49(60(36-39-19-23-42(56)24-20-39)53(63)40-21-17-37(34-57)18-22-40)33-47(59-69-50-16-8-11-30-65-50)45-31-41(14-6-9-27-61)44(15-7-10-28-62)51(52(45)55)46-32-43(25-26-48(46)68-55)67-54(64)58-35-38-12-4-3-5-13-38/h2-5,12-13,17-26,31-32,41,44,49-52,61-62H,1,6-11,14-16,27-30,33,35-36H2,(H,58,64)/t41-,44+,49-,50?,51+,52+,55+/m0/s1. The van der Waals surface area contributed by atoms with Gasteiger partial charge >= 0.3 is 6.09 Å². The number of aliphatic hydroxyl groups is 2. The van der Waals surface area contributed by atoms with Crippen LogP contribution >= 0.6 is 0 Å². The summed E-state index contributed by atoms with van der Waals surface area (Å²) < 4.78 is 41.0. The second kappa shape index (κ2) is 23.3. The topological polar surface area (TPSA) is 172 Å². The van der Waals surface area contributed by atoms with Crippen LogP contribution in [0.1, 0.15) is 103 Å². The summed E-state index contributed by atoms with van der Waals surface area (Å²) in [5.41, 5.74) is 4.46. The number of fused-ring (bicyclic) bond motifs is 2. The summed E-state index contributed by atoms with van der Waals surface area (Å²) in [6, 6.07) is 28.5. The molecule has 4 aliphatic rings. The number of allylic oxidation sites excluding steroid dienone is 1. The minimum absolute atomic E-state index is 0.0179. The highest BCUT2D eigenvalue weighted by Gasteiger charge is 2.65. The van der Waals surface area contributed by atoms with Crippen molar-refractivity contribution >= 4 is 17.7 Å². The molecule has 0 spiro atoms. The summed E-state index contributed by atoms with van der Waals surface area (Å²) >= 11 is 0. The van der Waals surface area contributed by atoms with Gasteiger partial charge in [0.25, 0.3) is 5.91 Å². The van der Waals surface area contributed by atoms with Crippen LogP contribution in [0.5, 0.6) is 11.5 Å². The van der Waals surface area contributed by atoms with Gasteiger partial charge in [0, 0.05) is 56.2 Å². The van der Waals surface area contributed by atoms with E-state index in [1.165, 1.54) is 12.1 Å². The molecule has 2 fully saturated rings. The molecular weight excluding hydrogens is 880 g/mol. The molecule has 0 bridgehead atoms. The zero-order valence-electron chi connectivity index (χ0n) is 38.8. The first kappa shape index (κ1) is 49.1. The summed E-state index contributed by atoms with van der Waals surface area (Å²) in [4.78, 5) is 36.8. The molecule has 3 N–H and O–H groups in total. The molecule has 0 aromatic heterocycles. The maximum atomic E-state index is 15.4. The summed E-state index contributed by atoms with van der Waals surface area (Å²) in [6.45, 7) is 4.97. The lowest BCUT2D eigenvalue weighted by Gasteiger charge is -2.60. The van der Waals surface area contributed by atoms with Crippen molar-refractivity contribution in [1.82, 2.24) is 10.2 Å². The zero-order valence-corrected chi connectivity index (χ0v) is 38.8. The number of carbonyl (C=O) groups excluding carboxylic acids is 2. The van der Waals surface area contributed by atoms with Gasteiger partial charge in [0.1, 0.15) is 23.4 Å². The Morgan fingerprint density at radius 3 is 2.43 bits per heavy atom. The number of hydrogen-bond donors (Lipinski definition) is 3. The van der Waals surface area contributed by atoms with Crippen LogP contribution in [0.15, 0.2) is 127 Å². The Morgan fingerprint density at radius 2 is 1.72 bits per heavy atom. The predicted molar refractivity (Wildman–Crippen MR) is 256 cm³/mol. The van der Waals surface area contributed by atoms with Crippen LogP contribution in [0, 0.1) is 34.9 Å². The highest BCUT2D eigenvalue weighted by Crippen LogP contribution is 2.62. The number of amides is 2. The number of nitriles is 1. The Kier molecular flexibility index (Phi) is 16.6. The number of nitrogens with one attached hydrogen (secondary N) is 1. The van der Waals surface area contributed by atoms with Crippen molar-refractivity contribution in [3.8, 4) is 17.6 Å². The van der Waals surface area contributed by atoms with Gasteiger partial charge in [0.2, 0.25) is 12.1 Å². The van der Waals surface area contributed by atoms with E-state index in [4.69, 9.17) is 28.9 Å². The summed E-state index contributed by atoms with van der Waals surface area (Å²) in [5.74, 6) is -2.83. The van der Waals surface area contributed by atoms with Gasteiger partial charge < -0.3 is 44.2 Å². The molecule has 14 heteroatoms. The van der Waals surface area contributed by atoms with Gasteiger partial charge in [-0.15, -0.1) is 6.58 Å². The van der Waals surface area contributed by atoms with Gasteiger partial charge in [0.05, 0.1) is 36.5 Å². The lowest BCUT2D eigenvalue weighted by atomic mass is 9.55. The van der Waals surface area contributed by atoms with Crippen LogP contribution in [-0.2, 0) is 27.4 Å². The average molecular weight is 941 g/mol. The molecular formula is C55H61FN4O9. The van der Waals surface area contributed by atoms with E-state index in [0.717, 1.165) is 42.4 Å². The largest absolute Gasteiger partial charge is 0.459 e. The van der Waals surface area contributed by atoms with E-state index in [1.807, 2.05) is 36.4 Å². The number of benzene rings is 4. The third kappa shape index (κ3) is 11.4.